The predicted molar refractivity (Wildman–Crippen MR) is 274 cm³/mol. The lowest BCUT2D eigenvalue weighted by Gasteiger charge is -2.40. The van der Waals surface area contributed by atoms with Gasteiger partial charge in [0.15, 0.2) is 0 Å². The van der Waals surface area contributed by atoms with Crippen LogP contribution < -0.4 is 31.6 Å². The van der Waals surface area contributed by atoms with Crippen molar-refractivity contribution in [2.75, 3.05) is 6.54 Å². The maximum atomic E-state index is 3.03. The van der Waals surface area contributed by atoms with Crippen molar-refractivity contribution >= 4 is 63.9 Å². The lowest BCUT2D eigenvalue weighted by Crippen LogP contribution is -2.48. The summed E-state index contributed by atoms with van der Waals surface area (Å²) in [6.45, 7) is 20.2. The first-order chi connectivity index (χ1) is 28.4. The number of nitrogens with zero attached hydrogens (tertiary/aromatic N) is 1. The van der Waals surface area contributed by atoms with Crippen LogP contribution in [0.4, 0.5) is 0 Å². The Morgan fingerprint density at radius 3 is 1.09 bits per heavy atom. The minimum Gasteiger partial charge on any atom is -0.245 e. The van der Waals surface area contributed by atoms with E-state index in [0.717, 1.165) is 6.54 Å². The summed E-state index contributed by atoms with van der Waals surface area (Å²) in [5.41, 5.74) is 1.41. The third-order valence-electron chi connectivity index (χ3n) is 13.0. The fraction of sp³-hybridized carbons (Fsp3) is 0.547. The quantitative estimate of drug-likeness (QED) is 0.0389. The van der Waals surface area contributed by atoms with Gasteiger partial charge in [-0.1, -0.05) is 282 Å². The summed E-state index contributed by atoms with van der Waals surface area (Å²) in [5, 5.41) is 9.53. The van der Waals surface area contributed by atoms with Crippen molar-refractivity contribution in [3.05, 3.63) is 109 Å². The van der Waals surface area contributed by atoms with Crippen LogP contribution in [-0.4, -0.2) is 27.1 Å². The third kappa shape index (κ3) is 13.3. The molecule has 4 rings (SSSR count). The van der Waals surface area contributed by atoms with Gasteiger partial charge in [-0.15, -0.1) is 0 Å². The van der Waals surface area contributed by atoms with Crippen molar-refractivity contribution < 1.29 is 0 Å². The highest BCUT2D eigenvalue weighted by Gasteiger charge is 2.37. The van der Waals surface area contributed by atoms with Crippen molar-refractivity contribution in [3.63, 3.8) is 0 Å². The van der Waals surface area contributed by atoms with E-state index in [9.17, 15) is 0 Å². The van der Waals surface area contributed by atoms with Crippen molar-refractivity contribution in [2.24, 2.45) is 0 Å². The molecule has 0 saturated heterocycles. The molecule has 0 radical (unpaired) electrons. The minimum atomic E-state index is -1.61. The molecule has 0 saturated carbocycles. The second-order valence-corrected chi connectivity index (χ2v) is 31.3. The molecule has 0 aliphatic heterocycles. The Morgan fingerprint density at radius 1 is 0.379 bits per heavy atom. The van der Waals surface area contributed by atoms with E-state index in [1.807, 2.05) is 0 Å². The average Bonchev–Trinajstić information content (AvgIpc) is 3.27. The van der Waals surface area contributed by atoms with E-state index < -0.39 is 32.3 Å². The fourth-order valence-corrected chi connectivity index (χ4v) is 26.7. The van der Waals surface area contributed by atoms with E-state index in [-0.39, 0.29) is 0 Å². The Hall–Kier alpha value is -1.87. The Labute approximate surface area is 363 Å². The van der Waals surface area contributed by atoms with E-state index in [2.05, 4.69) is 163 Å². The molecule has 0 fully saturated rings. The molecule has 0 spiro atoms. The van der Waals surface area contributed by atoms with Crippen molar-refractivity contribution in [1.29, 1.82) is 0 Å². The first kappa shape index (κ1) is 48.8. The summed E-state index contributed by atoms with van der Waals surface area (Å²) in [7, 11) is -4.78. The fourth-order valence-electron chi connectivity index (χ4n) is 9.39. The number of hydrogen-bond acceptors (Lipinski definition) is 1. The summed E-state index contributed by atoms with van der Waals surface area (Å²) in [4.78, 5) is 0. The molecule has 0 aromatic heterocycles. The molecule has 4 aromatic carbocycles. The summed E-state index contributed by atoms with van der Waals surface area (Å²) < 4.78 is 3.03. The zero-order valence-corrected chi connectivity index (χ0v) is 42.3. The van der Waals surface area contributed by atoms with Gasteiger partial charge in [0.1, 0.15) is 0 Å². The van der Waals surface area contributed by atoms with Crippen LogP contribution in [0, 0.1) is 6.92 Å². The van der Waals surface area contributed by atoms with Gasteiger partial charge in [0, 0.05) is 22.7 Å². The van der Waals surface area contributed by atoms with Crippen LogP contribution in [0.3, 0.4) is 0 Å². The monoisotopic (exact) mass is 852 g/mol. The van der Waals surface area contributed by atoms with Crippen LogP contribution in [0.1, 0.15) is 144 Å². The zero-order valence-electron chi connectivity index (χ0n) is 38.5. The van der Waals surface area contributed by atoms with E-state index in [4.69, 9.17) is 0 Å². The molecule has 0 aliphatic carbocycles. The second-order valence-electron chi connectivity index (χ2n) is 17.5. The molecule has 4 aromatic rings. The molecule has 58 heavy (non-hydrogen) atoms. The average molecular weight is 852 g/mol. The van der Waals surface area contributed by atoms with Crippen LogP contribution in [-0.2, 0) is 0 Å². The van der Waals surface area contributed by atoms with Gasteiger partial charge in [0.2, 0.25) is 0 Å². The number of benzene rings is 4. The Kier molecular flexibility index (Phi) is 22.3. The highest BCUT2D eigenvalue weighted by atomic mass is 31.2. The molecule has 1 unspecified atom stereocenters. The molecular formula is C53H83NP2Si2. The number of rotatable bonds is 29. The smallest absolute Gasteiger partial charge is 0.0867 e. The summed E-state index contributed by atoms with van der Waals surface area (Å²) in [5.74, 6) is 0. The standard InChI is InChI=1S/C53H83NP2Si2/c1-9-16-40-54(56(48-29-24-23-25-30-48)53-31-27-26-28-47(53)8)55(49-32-36-51(37-33-49)57(41-17-10-2,42-18-11-3)43-19-12-4)50-34-38-52(39-35-50)58(44-20-13-5,45-21-14-6)46-22-15-7/h23-39H,9-22,40-46H2,1-8H3. The van der Waals surface area contributed by atoms with Gasteiger partial charge in [-0.25, -0.2) is 4.44 Å². The normalized spacial score (nSPS) is 12.8. The maximum absolute atomic E-state index is 3.03. The predicted octanol–water partition coefficient (Wildman–Crippen LogP) is 14.6. The van der Waals surface area contributed by atoms with Gasteiger partial charge in [-0.3, -0.25) is 0 Å². The number of aryl methyl sites for hydroxylation is 1. The molecule has 5 heteroatoms. The SMILES string of the molecule is CCCCN(P(c1ccc([Si](CCCC)(CCCC)CCCC)cc1)c1ccc([Si](CCCC)(CCCC)CCCC)cc1)P(c1ccccc1)c1ccccc1C. The summed E-state index contributed by atoms with van der Waals surface area (Å²) >= 11 is 0. The van der Waals surface area contributed by atoms with Gasteiger partial charge in [-0.05, 0) is 40.1 Å². The Balaban J connectivity index is 1.97. The summed E-state index contributed by atoms with van der Waals surface area (Å²) in [6.07, 6.45) is 18.5. The second kappa shape index (κ2) is 26.5. The lowest BCUT2D eigenvalue weighted by atomic mass is 10.2. The molecular weight excluding hydrogens is 769 g/mol. The molecule has 0 aliphatic rings. The lowest BCUT2D eigenvalue weighted by molar-refractivity contribution is 0.646. The molecule has 1 nitrogen and oxygen atoms in total. The van der Waals surface area contributed by atoms with E-state index in [0.29, 0.717) is 0 Å². The molecule has 318 valence electrons. The van der Waals surface area contributed by atoms with E-state index >= 15 is 0 Å². The van der Waals surface area contributed by atoms with Crippen LogP contribution in [0.5, 0.6) is 0 Å². The van der Waals surface area contributed by atoms with Crippen molar-refractivity contribution in [2.45, 2.75) is 182 Å². The van der Waals surface area contributed by atoms with Gasteiger partial charge >= 0.3 is 0 Å². The zero-order chi connectivity index (χ0) is 41.6. The number of hydrogen-bond donors (Lipinski definition) is 0. The highest BCUT2D eigenvalue weighted by Crippen LogP contribution is 2.55. The molecule has 0 bridgehead atoms. The van der Waals surface area contributed by atoms with E-state index in [1.54, 1.807) is 10.4 Å². The van der Waals surface area contributed by atoms with Crippen LogP contribution in [0.15, 0.2) is 103 Å². The Morgan fingerprint density at radius 2 is 0.724 bits per heavy atom. The molecule has 0 amide bonds. The van der Waals surface area contributed by atoms with Crippen LogP contribution >= 0.6 is 16.1 Å². The van der Waals surface area contributed by atoms with Gasteiger partial charge in [0.05, 0.1) is 16.1 Å². The van der Waals surface area contributed by atoms with Crippen LogP contribution in [0.25, 0.3) is 0 Å². The first-order valence-electron chi connectivity index (χ1n) is 24.1. The third-order valence-corrected chi connectivity index (χ3v) is 29.7. The number of unbranched alkanes of at least 4 members (excludes halogenated alkanes) is 7. The van der Waals surface area contributed by atoms with Crippen molar-refractivity contribution in [1.82, 2.24) is 4.44 Å². The largest absolute Gasteiger partial charge is 0.245 e. The van der Waals surface area contributed by atoms with E-state index in [1.165, 1.54) is 153 Å². The summed E-state index contributed by atoms with van der Waals surface area (Å²) in [6, 6.07) is 50.8. The van der Waals surface area contributed by atoms with Gasteiger partial charge < -0.3 is 0 Å². The van der Waals surface area contributed by atoms with Gasteiger partial charge in [0.25, 0.3) is 0 Å². The maximum Gasteiger partial charge on any atom is 0.0867 e. The molecule has 1 atom stereocenters. The molecule has 0 N–H and O–H groups in total. The van der Waals surface area contributed by atoms with Crippen LogP contribution in [0.2, 0.25) is 36.3 Å². The topological polar surface area (TPSA) is 3.24 Å². The van der Waals surface area contributed by atoms with Gasteiger partial charge in [-0.2, -0.15) is 0 Å². The molecule has 0 heterocycles. The highest BCUT2D eigenvalue weighted by molar-refractivity contribution is 7.84. The Bertz CT molecular complexity index is 1560. The van der Waals surface area contributed by atoms with Crippen molar-refractivity contribution in [3.8, 4) is 0 Å². The minimum absolute atomic E-state index is 0.763. The first-order valence-corrected chi connectivity index (χ1v) is 31.9.